The molecule has 3 heterocycles. The number of hydrogen-bond acceptors (Lipinski definition) is 6. The number of likely N-dealkylation sites (tertiary alicyclic amines) is 1. The van der Waals surface area contributed by atoms with Crippen LogP contribution in [0.2, 0.25) is 0 Å². The number of amides is 1. The average molecular weight is 355 g/mol. The van der Waals surface area contributed by atoms with Crippen LogP contribution >= 0.6 is 0 Å². The first-order valence-corrected chi connectivity index (χ1v) is 8.68. The Balaban J connectivity index is 1.86. The number of aromatic nitrogens is 2. The van der Waals surface area contributed by atoms with E-state index in [1.165, 1.54) is 6.20 Å². The van der Waals surface area contributed by atoms with E-state index in [2.05, 4.69) is 15.3 Å². The second-order valence-corrected chi connectivity index (χ2v) is 6.17. The van der Waals surface area contributed by atoms with Gasteiger partial charge in [0.1, 0.15) is 17.6 Å². The Morgan fingerprint density at radius 2 is 2.38 bits per heavy atom. The molecular weight excluding hydrogens is 334 g/mol. The maximum atomic E-state index is 12.3. The van der Waals surface area contributed by atoms with Crippen molar-refractivity contribution in [2.45, 2.75) is 32.2 Å². The van der Waals surface area contributed by atoms with Crippen molar-refractivity contribution in [2.24, 2.45) is 0 Å². The number of esters is 1. The lowest BCUT2D eigenvalue weighted by Crippen LogP contribution is -2.45. The minimum Gasteiger partial charge on any atom is -0.462 e. The Morgan fingerprint density at radius 3 is 3.15 bits per heavy atom. The van der Waals surface area contributed by atoms with E-state index in [9.17, 15) is 9.59 Å². The number of ether oxygens (including phenoxy) is 1. The molecular formula is C18H21N5O3. The quantitative estimate of drug-likeness (QED) is 0.794. The van der Waals surface area contributed by atoms with E-state index in [4.69, 9.17) is 10.00 Å². The zero-order valence-corrected chi connectivity index (χ0v) is 14.6. The van der Waals surface area contributed by atoms with Gasteiger partial charge in [-0.2, -0.15) is 5.26 Å². The lowest BCUT2D eigenvalue weighted by atomic mass is 10.0. The number of nitrogens with zero attached hydrogens (tertiary/aromatic N) is 3. The second-order valence-electron chi connectivity index (χ2n) is 6.17. The average Bonchev–Trinajstić information content (AvgIpc) is 3.12. The van der Waals surface area contributed by atoms with E-state index >= 15 is 0 Å². The fourth-order valence-corrected chi connectivity index (χ4v) is 3.23. The summed E-state index contributed by atoms with van der Waals surface area (Å²) < 4.78 is 5.14. The van der Waals surface area contributed by atoms with E-state index in [0.717, 1.165) is 18.2 Å². The first-order valence-electron chi connectivity index (χ1n) is 8.68. The lowest BCUT2D eigenvalue weighted by molar-refractivity contribution is -0.131. The van der Waals surface area contributed by atoms with E-state index in [-0.39, 0.29) is 25.0 Å². The molecule has 2 aromatic heterocycles. The van der Waals surface area contributed by atoms with Crippen LogP contribution in [0, 0.1) is 11.3 Å². The molecule has 1 aliphatic rings. The van der Waals surface area contributed by atoms with Gasteiger partial charge in [0.15, 0.2) is 0 Å². The molecule has 0 aromatic carbocycles. The summed E-state index contributed by atoms with van der Waals surface area (Å²) in [5.74, 6) is -0.593. The van der Waals surface area contributed by atoms with Gasteiger partial charge in [-0.1, -0.05) is 0 Å². The molecule has 1 saturated heterocycles. The molecule has 1 amide bonds. The summed E-state index contributed by atoms with van der Waals surface area (Å²) >= 11 is 0. The summed E-state index contributed by atoms with van der Waals surface area (Å²) in [5.41, 5.74) is 1.71. The Hall–Kier alpha value is -3.08. The number of fused-ring (bicyclic) bond motifs is 1. The lowest BCUT2D eigenvalue weighted by Gasteiger charge is -2.33. The summed E-state index contributed by atoms with van der Waals surface area (Å²) in [6.07, 6.45) is 4.86. The fraction of sp³-hybridized carbons (Fsp3) is 0.444. The van der Waals surface area contributed by atoms with Gasteiger partial charge in [0.25, 0.3) is 0 Å². The zero-order chi connectivity index (χ0) is 18.5. The predicted octanol–water partition coefficient (Wildman–Crippen LogP) is 2.06. The summed E-state index contributed by atoms with van der Waals surface area (Å²) in [6.45, 7) is 3.19. The standard InChI is InChI=1S/C18H21N5O3/c1-2-26-18(25)14-10-21-17-13(6-8-20-17)16(14)22-12-4-3-9-23(11-12)15(24)5-7-19/h6,8,10,12H,2-5,9,11H2,1H3,(H2,20,21,22)/t12-/m1/s1. The number of carbonyl (C=O) groups excluding carboxylic acids is 2. The molecule has 1 aliphatic heterocycles. The van der Waals surface area contributed by atoms with Crippen LogP contribution in [0.5, 0.6) is 0 Å². The number of aromatic amines is 1. The van der Waals surface area contributed by atoms with Crippen LogP contribution in [0.25, 0.3) is 11.0 Å². The van der Waals surface area contributed by atoms with Gasteiger partial charge in [-0.15, -0.1) is 0 Å². The van der Waals surface area contributed by atoms with Crippen LogP contribution in [0.4, 0.5) is 5.69 Å². The molecule has 1 atom stereocenters. The number of rotatable bonds is 5. The van der Waals surface area contributed by atoms with Crippen molar-refractivity contribution in [3.05, 3.63) is 24.0 Å². The maximum Gasteiger partial charge on any atom is 0.341 e. The minimum absolute atomic E-state index is 0.0138. The Labute approximate surface area is 151 Å². The van der Waals surface area contributed by atoms with Crippen molar-refractivity contribution in [3.63, 3.8) is 0 Å². The second kappa shape index (κ2) is 7.87. The number of carbonyl (C=O) groups is 2. The maximum absolute atomic E-state index is 12.3. The van der Waals surface area contributed by atoms with E-state index < -0.39 is 5.97 Å². The number of nitriles is 1. The van der Waals surface area contributed by atoms with E-state index in [0.29, 0.717) is 30.0 Å². The number of nitrogens with one attached hydrogen (secondary N) is 2. The Morgan fingerprint density at radius 1 is 1.54 bits per heavy atom. The Bertz CT molecular complexity index is 854. The highest BCUT2D eigenvalue weighted by molar-refractivity contribution is 6.04. The van der Waals surface area contributed by atoms with Gasteiger partial charge in [0, 0.05) is 36.9 Å². The van der Waals surface area contributed by atoms with Crippen LogP contribution in [0.15, 0.2) is 18.5 Å². The van der Waals surface area contributed by atoms with E-state index in [1.807, 2.05) is 12.1 Å². The van der Waals surface area contributed by atoms with Crippen LogP contribution in [-0.4, -0.2) is 52.5 Å². The van der Waals surface area contributed by atoms with Gasteiger partial charge in [-0.3, -0.25) is 4.79 Å². The Kier molecular flexibility index (Phi) is 5.37. The van der Waals surface area contributed by atoms with Crippen molar-refractivity contribution in [2.75, 3.05) is 25.0 Å². The normalized spacial score (nSPS) is 16.9. The highest BCUT2D eigenvalue weighted by Crippen LogP contribution is 2.28. The van der Waals surface area contributed by atoms with Gasteiger partial charge >= 0.3 is 5.97 Å². The summed E-state index contributed by atoms with van der Waals surface area (Å²) in [7, 11) is 0. The summed E-state index contributed by atoms with van der Waals surface area (Å²) in [4.78, 5) is 33.3. The topological polar surface area (TPSA) is 111 Å². The molecule has 0 aliphatic carbocycles. The van der Waals surface area contributed by atoms with Crippen molar-refractivity contribution in [3.8, 4) is 6.07 Å². The van der Waals surface area contributed by atoms with Crippen LogP contribution in [0.3, 0.4) is 0 Å². The highest BCUT2D eigenvalue weighted by Gasteiger charge is 2.26. The van der Waals surface area contributed by atoms with Gasteiger partial charge in [-0.25, -0.2) is 9.78 Å². The number of pyridine rings is 1. The number of H-pyrrole nitrogens is 1. The molecule has 8 heteroatoms. The molecule has 0 radical (unpaired) electrons. The summed E-state index contributed by atoms with van der Waals surface area (Å²) in [5, 5.41) is 12.9. The fourth-order valence-electron chi connectivity index (χ4n) is 3.23. The molecule has 0 saturated carbocycles. The highest BCUT2D eigenvalue weighted by atomic mass is 16.5. The molecule has 2 aromatic rings. The van der Waals surface area contributed by atoms with Crippen molar-refractivity contribution >= 4 is 28.6 Å². The first-order chi connectivity index (χ1) is 12.6. The van der Waals surface area contributed by atoms with Gasteiger partial charge in [0.2, 0.25) is 5.91 Å². The molecule has 136 valence electrons. The molecule has 8 nitrogen and oxygen atoms in total. The number of hydrogen-bond donors (Lipinski definition) is 2. The van der Waals surface area contributed by atoms with Crippen LogP contribution in [-0.2, 0) is 9.53 Å². The van der Waals surface area contributed by atoms with Crippen molar-refractivity contribution < 1.29 is 14.3 Å². The van der Waals surface area contributed by atoms with Crippen molar-refractivity contribution in [1.82, 2.24) is 14.9 Å². The third-order valence-electron chi connectivity index (χ3n) is 4.43. The van der Waals surface area contributed by atoms with Crippen molar-refractivity contribution in [1.29, 1.82) is 5.26 Å². The molecule has 1 fully saturated rings. The smallest absolute Gasteiger partial charge is 0.341 e. The molecule has 26 heavy (non-hydrogen) atoms. The molecule has 0 bridgehead atoms. The summed E-state index contributed by atoms with van der Waals surface area (Å²) in [6, 6.07) is 3.75. The predicted molar refractivity (Wildman–Crippen MR) is 95.5 cm³/mol. The third-order valence-corrected chi connectivity index (χ3v) is 4.43. The number of piperidine rings is 1. The largest absolute Gasteiger partial charge is 0.462 e. The molecule has 0 spiro atoms. The SMILES string of the molecule is CCOC(=O)c1cnc2[nH]ccc2c1N[C@@H]1CCCN(C(=O)CC#N)C1. The molecule has 2 N–H and O–H groups in total. The monoisotopic (exact) mass is 355 g/mol. The number of anilines is 1. The minimum atomic E-state index is -0.432. The van der Waals surface area contributed by atoms with Crippen LogP contribution in [0.1, 0.15) is 36.5 Å². The van der Waals surface area contributed by atoms with Gasteiger partial charge < -0.3 is 19.9 Å². The molecule has 3 rings (SSSR count). The first kappa shape index (κ1) is 17.7. The zero-order valence-electron chi connectivity index (χ0n) is 14.6. The van der Waals surface area contributed by atoms with Gasteiger partial charge in [0.05, 0.1) is 18.4 Å². The molecule has 0 unspecified atom stereocenters. The third kappa shape index (κ3) is 3.61. The van der Waals surface area contributed by atoms with Crippen LogP contribution < -0.4 is 5.32 Å². The van der Waals surface area contributed by atoms with Gasteiger partial charge in [-0.05, 0) is 25.8 Å². The van der Waals surface area contributed by atoms with E-state index in [1.54, 1.807) is 18.0 Å².